The van der Waals surface area contributed by atoms with Crippen molar-refractivity contribution in [3.05, 3.63) is 108 Å². The fraction of sp³-hybridized carbons (Fsp3) is 0.290. The van der Waals surface area contributed by atoms with Crippen LogP contribution in [-0.4, -0.2) is 54.2 Å². The molecule has 2 fully saturated rings. The number of methoxy groups -OCH3 is 1. The van der Waals surface area contributed by atoms with E-state index in [0.717, 1.165) is 42.9 Å². The number of hydrogen-bond acceptors (Lipinski definition) is 5. The molecule has 37 heavy (non-hydrogen) atoms. The summed E-state index contributed by atoms with van der Waals surface area (Å²) in [4.78, 5) is 18.3. The van der Waals surface area contributed by atoms with Crippen molar-refractivity contribution in [1.29, 1.82) is 0 Å². The first-order chi connectivity index (χ1) is 18.2. The lowest BCUT2D eigenvalue weighted by Crippen LogP contribution is -2.52. The summed E-state index contributed by atoms with van der Waals surface area (Å²) >= 11 is 0. The Morgan fingerprint density at radius 2 is 1.51 bits per heavy atom. The van der Waals surface area contributed by atoms with Crippen LogP contribution in [-0.2, 0) is 10.2 Å². The summed E-state index contributed by atoms with van der Waals surface area (Å²) in [6, 6.07) is 31.1. The summed E-state index contributed by atoms with van der Waals surface area (Å²) in [6.45, 7) is 3.06. The number of piperazine rings is 1. The zero-order chi connectivity index (χ0) is 25.2. The smallest absolute Gasteiger partial charge is 0.235 e. The van der Waals surface area contributed by atoms with E-state index in [9.17, 15) is 4.79 Å². The Balaban J connectivity index is 1.17. The van der Waals surface area contributed by atoms with Crippen molar-refractivity contribution in [2.75, 3.05) is 33.3 Å². The van der Waals surface area contributed by atoms with Crippen molar-refractivity contribution in [1.82, 2.24) is 15.0 Å². The first-order valence-corrected chi connectivity index (χ1v) is 12.9. The number of hydrogen-bond donors (Lipinski definition) is 0. The van der Waals surface area contributed by atoms with Crippen LogP contribution < -0.4 is 4.74 Å². The van der Waals surface area contributed by atoms with Crippen molar-refractivity contribution < 1.29 is 14.1 Å². The second kappa shape index (κ2) is 9.87. The van der Waals surface area contributed by atoms with Gasteiger partial charge in [-0.15, -0.1) is 0 Å². The second-order valence-corrected chi connectivity index (χ2v) is 9.94. The molecule has 1 saturated heterocycles. The molecule has 6 nitrogen and oxygen atoms in total. The number of carbonyl (C=O) groups is 1. The number of aromatic nitrogens is 1. The molecule has 4 aromatic rings. The molecule has 0 bridgehead atoms. The van der Waals surface area contributed by atoms with Gasteiger partial charge in [-0.25, -0.2) is 0 Å². The molecule has 3 aromatic carbocycles. The standard InChI is InChI=1S/C31H31N3O3/c1-36-26-14-8-13-25(21-26)27-22-28(32-37-27)31(15-16-31)30(35)34-19-17-33(18-20-34)29(23-9-4-2-5-10-23)24-11-6-3-7-12-24/h2-14,21-22,29H,15-20H2,1H3. The van der Waals surface area contributed by atoms with Gasteiger partial charge in [-0.3, -0.25) is 9.69 Å². The maximum atomic E-state index is 13.8. The van der Waals surface area contributed by atoms with Gasteiger partial charge in [0.1, 0.15) is 5.75 Å². The first kappa shape index (κ1) is 23.5. The summed E-state index contributed by atoms with van der Waals surface area (Å²) in [5, 5.41) is 4.35. The van der Waals surface area contributed by atoms with E-state index in [4.69, 9.17) is 9.26 Å². The largest absolute Gasteiger partial charge is 0.497 e. The summed E-state index contributed by atoms with van der Waals surface area (Å²) < 4.78 is 11.0. The zero-order valence-electron chi connectivity index (χ0n) is 21.0. The molecule has 2 aliphatic rings. The highest BCUT2D eigenvalue weighted by molar-refractivity contribution is 5.91. The van der Waals surface area contributed by atoms with Crippen LogP contribution in [0.25, 0.3) is 11.3 Å². The molecule has 0 N–H and O–H groups in total. The van der Waals surface area contributed by atoms with E-state index >= 15 is 0 Å². The number of ether oxygens (including phenoxy) is 1. The molecule has 0 spiro atoms. The SMILES string of the molecule is COc1cccc(-c2cc(C3(C(=O)N4CCN(C(c5ccccc5)c5ccccc5)CC4)CC3)no2)c1. The van der Waals surface area contributed by atoms with Crippen LogP contribution in [0.2, 0.25) is 0 Å². The molecule has 6 rings (SSSR count). The van der Waals surface area contributed by atoms with Crippen LogP contribution in [0.15, 0.2) is 95.5 Å². The zero-order valence-corrected chi connectivity index (χ0v) is 21.0. The van der Waals surface area contributed by atoms with E-state index in [2.05, 4.69) is 70.7 Å². The molecule has 1 amide bonds. The molecule has 0 atom stereocenters. The number of rotatable bonds is 7. The van der Waals surface area contributed by atoms with Crippen molar-refractivity contribution in [3.8, 4) is 17.1 Å². The molecule has 188 valence electrons. The van der Waals surface area contributed by atoms with Gasteiger partial charge in [-0.1, -0.05) is 78.0 Å². The summed E-state index contributed by atoms with van der Waals surface area (Å²) in [7, 11) is 1.64. The highest BCUT2D eigenvalue weighted by atomic mass is 16.5. The van der Waals surface area contributed by atoms with Gasteiger partial charge < -0.3 is 14.2 Å². The van der Waals surface area contributed by atoms with Gasteiger partial charge >= 0.3 is 0 Å². The Bertz CT molecular complexity index is 1320. The Hall–Kier alpha value is -3.90. The van der Waals surface area contributed by atoms with Crippen molar-refractivity contribution in [3.63, 3.8) is 0 Å². The van der Waals surface area contributed by atoms with Gasteiger partial charge in [0.2, 0.25) is 5.91 Å². The number of nitrogens with zero attached hydrogens (tertiary/aromatic N) is 3. The average Bonchev–Trinajstić information content (AvgIpc) is 3.63. The van der Waals surface area contributed by atoms with Crippen LogP contribution >= 0.6 is 0 Å². The lowest BCUT2D eigenvalue weighted by atomic mass is 9.95. The minimum Gasteiger partial charge on any atom is -0.497 e. The molecule has 6 heteroatoms. The predicted octanol–water partition coefficient (Wildman–Crippen LogP) is 5.32. The van der Waals surface area contributed by atoms with E-state index in [1.807, 2.05) is 35.2 Å². The third-order valence-electron chi connectivity index (χ3n) is 7.71. The van der Waals surface area contributed by atoms with Gasteiger partial charge in [0.25, 0.3) is 0 Å². The second-order valence-electron chi connectivity index (χ2n) is 9.94. The van der Waals surface area contributed by atoms with Gasteiger partial charge in [-0.2, -0.15) is 0 Å². The van der Waals surface area contributed by atoms with Gasteiger partial charge in [0.05, 0.1) is 24.3 Å². The third-order valence-corrected chi connectivity index (χ3v) is 7.71. The molecule has 2 heterocycles. The lowest BCUT2D eigenvalue weighted by Gasteiger charge is -2.40. The minimum atomic E-state index is -0.555. The molecule has 1 aliphatic carbocycles. The highest BCUT2D eigenvalue weighted by Gasteiger charge is 2.55. The molecule has 1 aromatic heterocycles. The van der Waals surface area contributed by atoms with Crippen molar-refractivity contribution in [2.24, 2.45) is 0 Å². The predicted molar refractivity (Wildman–Crippen MR) is 142 cm³/mol. The van der Waals surface area contributed by atoms with E-state index in [1.165, 1.54) is 11.1 Å². The lowest BCUT2D eigenvalue weighted by molar-refractivity contribution is -0.136. The molecule has 0 radical (unpaired) electrons. The van der Waals surface area contributed by atoms with Gasteiger partial charge in [0, 0.05) is 37.8 Å². The Kier molecular flexibility index (Phi) is 6.26. The normalized spacial score (nSPS) is 17.1. The minimum absolute atomic E-state index is 0.175. The summed E-state index contributed by atoms with van der Waals surface area (Å²) in [6.07, 6.45) is 1.62. The van der Waals surface area contributed by atoms with E-state index in [1.54, 1.807) is 7.11 Å². The Labute approximate surface area is 217 Å². The maximum Gasteiger partial charge on any atom is 0.235 e. The Morgan fingerprint density at radius 1 is 0.865 bits per heavy atom. The van der Waals surface area contributed by atoms with Crippen LogP contribution in [0.4, 0.5) is 0 Å². The molecular formula is C31H31N3O3. The van der Waals surface area contributed by atoms with Crippen LogP contribution in [0.1, 0.15) is 35.7 Å². The van der Waals surface area contributed by atoms with Gasteiger partial charge in [0.15, 0.2) is 5.76 Å². The molecular weight excluding hydrogens is 462 g/mol. The van der Waals surface area contributed by atoms with Crippen LogP contribution in [0.5, 0.6) is 5.75 Å². The van der Waals surface area contributed by atoms with Crippen LogP contribution in [0, 0.1) is 0 Å². The molecule has 0 unspecified atom stereocenters. The quantitative estimate of drug-likeness (QED) is 0.349. The number of amides is 1. The fourth-order valence-corrected chi connectivity index (χ4v) is 5.49. The average molecular weight is 494 g/mol. The number of benzene rings is 3. The maximum absolute atomic E-state index is 13.8. The summed E-state index contributed by atoms with van der Waals surface area (Å²) in [5.41, 5.74) is 3.63. The molecule has 1 saturated carbocycles. The van der Waals surface area contributed by atoms with Crippen molar-refractivity contribution in [2.45, 2.75) is 24.3 Å². The number of carbonyl (C=O) groups excluding carboxylic acids is 1. The summed E-state index contributed by atoms with van der Waals surface area (Å²) in [5.74, 6) is 1.59. The van der Waals surface area contributed by atoms with Crippen molar-refractivity contribution >= 4 is 5.91 Å². The molecule has 1 aliphatic heterocycles. The Morgan fingerprint density at radius 3 is 2.11 bits per heavy atom. The van der Waals surface area contributed by atoms with E-state index < -0.39 is 5.41 Å². The van der Waals surface area contributed by atoms with E-state index in [-0.39, 0.29) is 11.9 Å². The first-order valence-electron chi connectivity index (χ1n) is 12.9. The van der Waals surface area contributed by atoms with Crippen LogP contribution in [0.3, 0.4) is 0 Å². The fourth-order valence-electron chi connectivity index (χ4n) is 5.49. The third kappa shape index (κ3) is 4.53. The topological polar surface area (TPSA) is 58.8 Å². The highest BCUT2D eigenvalue weighted by Crippen LogP contribution is 2.50. The monoisotopic (exact) mass is 493 g/mol. The van der Waals surface area contributed by atoms with Gasteiger partial charge in [-0.05, 0) is 36.1 Å². The van der Waals surface area contributed by atoms with E-state index in [0.29, 0.717) is 18.8 Å².